The molecule has 0 amide bonds. The number of thiazole rings is 1. The van der Waals surface area contributed by atoms with Crippen LogP contribution < -0.4 is 5.32 Å². The number of halogens is 3. The number of amidine groups is 1. The van der Waals surface area contributed by atoms with Gasteiger partial charge >= 0.3 is 5.97 Å². The Morgan fingerprint density at radius 3 is 2.80 bits per heavy atom. The standard InChI is InChI=1S/C30H36F3N9O2S/c1-5-44-27(43)22-20(35-25(26-34-11-14-45-26)36-23(22)18-7-6-8-19(31)17(18)2)15-42-16-30(32,33)24-21(42)9-12-41(24)13-10-29(3,4)28-37-39-40-38-28/h6-8,11,14,21,23-24H,5,9-10,12-13,15-16H2,1-4H3,(H,35,36)(H,37,38,39,40). The van der Waals surface area contributed by atoms with Gasteiger partial charge in [-0.05, 0) is 60.9 Å². The van der Waals surface area contributed by atoms with Crippen LogP contribution in [-0.4, -0.2) is 98.0 Å². The van der Waals surface area contributed by atoms with Crippen molar-refractivity contribution in [3.8, 4) is 0 Å². The number of rotatable bonds is 10. The predicted octanol–water partition coefficient (Wildman–Crippen LogP) is 3.77. The molecule has 15 heteroatoms. The lowest BCUT2D eigenvalue weighted by atomic mass is 9.88. The zero-order valence-electron chi connectivity index (χ0n) is 25.6. The Morgan fingerprint density at radius 2 is 2.09 bits per heavy atom. The molecule has 3 aliphatic rings. The Bertz CT molecular complexity index is 1590. The van der Waals surface area contributed by atoms with E-state index in [1.54, 1.807) is 42.5 Å². The van der Waals surface area contributed by atoms with Crippen LogP contribution in [0, 0.1) is 12.7 Å². The summed E-state index contributed by atoms with van der Waals surface area (Å²) in [5, 5.41) is 19.8. The smallest absolute Gasteiger partial charge is 0.338 e. The molecule has 0 aliphatic carbocycles. The van der Waals surface area contributed by atoms with E-state index in [4.69, 9.17) is 9.73 Å². The summed E-state index contributed by atoms with van der Waals surface area (Å²) in [7, 11) is 0. The Hall–Kier alpha value is -3.69. The minimum Gasteiger partial charge on any atom is -0.463 e. The van der Waals surface area contributed by atoms with Gasteiger partial charge in [-0.3, -0.25) is 14.8 Å². The molecule has 0 saturated carbocycles. The normalized spacial score (nSPS) is 23.6. The largest absolute Gasteiger partial charge is 0.463 e. The van der Waals surface area contributed by atoms with Gasteiger partial charge < -0.3 is 10.1 Å². The number of fused-ring (bicyclic) bond motifs is 1. The van der Waals surface area contributed by atoms with E-state index in [0.717, 1.165) is 0 Å². The topological polar surface area (TPSA) is 125 Å². The van der Waals surface area contributed by atoms with E-state index < -0.39 is 47.8 Å². The first-order chi connectivity index (χ1) is 21.5. The average molecular weight is 644 g/mol. The number of esters is 1. The summed E-state index contributed by atoms with van der Waals surface area (Å²) < 4.78 is 51.9. The fourth-order valence-corrected chi connectivity index (χ4v) is 7.22. The number of alkyl halides is 2. The van der Waals surface area contributed by atoms with E-state index in [2.05, 4.69) is 30.9 Å². The number of nitrogens with zero attached hydrogens (tertiary/aromatic N) is 7. The highest BCUT2D eigenvalue weighted by Crippen LogP contribution is 2.43. The van der Waals surface area contributed by atoms with Crippen LogP contribution in [0.5, 0.6) is 0 Å². The number of aliphatic imine (C=N–C) groups is 1. The first-order valence-corrected chi connectivity index (χ1v) is 15.9. The van der Waals surface area contributed by atoms with Crippen LogP contribution in [0.4, 0.5) is 13.2 Å². The number of H-pyrrole nitrogens is 1. The molecule has 2 saturated heterocycles. The number of ether oxygens (including phenoxy) is 1. The summed E-state index contributed by atoms with van der Waals surface area (Å²) in [5.74, 6) is -3.04. The van der Waals surface area contributed by atoms with E-state index in [-0.39, 0.29) is 18.7 Å². The number of carbonyl (C=O) groups excluding carboxylic acids is 1. The fourth-order valence-electron chi connectivity index (χ4n) is 6.63. The van der Waals surface area contributed by atoms with Gasteiger partial charge in [0.05, 0.1) is 24.8 Å². The molecule has 2 aromatic heterocycles. The van der Waals surface area contributed by atoms with Gasteiger partial charge in [-0.2, -0.15) is 0 Å². The van der Waals surface area contributed by atoms with E-state index >= 15 is 8.78 Å². The summed E-state index contributed by atoms with van der Waals surface area (Å²) >= 11 is 1.35. The third-order valence-corrected chi connectivity index (χ3v) is 9.80. The van der Waals surface area contributed by atoms with Gasteiger partial charge in [-0.15, -0.1) is 16.4 Å². The molecule has 3 unspecified atom stereocenters. The molecule has 0 spiro atoms. The number of benzene rings is 1. The molecule has 0 bridgehead atoms. The molecule has 6 rings (SSSR count). The van der Waals surface area contributed by atoms with Gasteiger partial charge in [0, 0.05) is 41.8 Å². The molecule has 2 fully saturated rings. The quantitative estimate of drug-likeness (QED) is 0.318. The van der Waals surface area contributed by atoms with Crippen LogP contribution in [0.25, 0.3) is 0 Å². The van der Waals surface area contributed by atoms with Gasteiger partial charge in [0.25, 0.3) is 5.92 Å². The second-order valence-corrected chi connectivity index (χ2v) is 13.2. The average Bonchev–Trinajstić information content (AvgIpc) is 3.81. The van der Waals surface area contributed by atoms with Crippen molar-refractivity contribution in [1.82, 2.24) is 40.7 Å². The Labute approximate surface area is 263 Å². The molecule has 240 valence electrons. The molecule has 1 aromatic carbocycles. The van der Waals surface area contributed by atoms with Gasteiger partial charge in [0.1, 0.15) is 11.9 Å². The summed E-state index contributed by atoms with van der Waals surface area (Å²) in [4.78, 5) is 26.4. The molecule has 3 aliphatic heterocycles. The van der Waals surface area contributed by atoms with Crippen LogP contribution in [-0.2, 0) is 14.9 Å². The molecule has 5 heterocycles. The van der Waals surface area contributed by atoms with Gasteiger partial charge in [-0.1, -0.05) is 26.0 Å². The zero-order chi connectivity index (χ0) is 31.9. The summed E-state index contributed by atoms with van der Waals surface area (Å²) in [6.45, 7) is 7.93. The highest BCUT2D eigenvalue weighted by molar-refractivity contribution is 7.11. The number of aromatic nitrogens is 5. The number of nitrogens with one attached hydrogen (secondary N) is 2. The van der Waals surface area contributed by atoms with Crippen molar-refractivity contribution < 1.29 is 22.7 Å². The third-order valence-electron chi connectivity index (χ3n) is 9.02. The number of carbonyl (C=O) groups is 1. The van der Waals surface area contributed by atoms with E-state index in [9.17, 15) is 9.18 Å². The summed E-state index contributed by atoms with van der Waals surface area (Å²) in [6, 6.07) is 2.30. The van der Waals surface area contributed by atoms with Crippen molar-refractivity contribution in [2.24, 2.45) is 4.99 Å². The Kier molecular flexibility index (Phi) is 8.52. The Morgan fingerprint density at radius 1 is 1.27 bits per heavy atom. The maximum atomic E-state index is 15.8. The van der Waals surface area contributed by atoms with Crippen molar-refractivity contribution in [2.45, 2.75) is 70.0 Å². The monoisotopic (exact) mass is 643 g/mol. The van der Waals surface area contributed by atoms with Crippen LogP contribution >= 0.6 is 11.3 Å². The zero-order valence-corrected chi connectivity index (χ0v) is 26.4. The molecule has 45 heavy (non-hydrogen) atoms. The highest BCUT2D eigenvalue weighted by Gasteiger charge is 2.59. The summed E-state index contributed by atoms with van der Waals surface area (Å²) in [6.07, 6.45) is 2.77. The van der Waals surface area contributed by atoms with Crippen LogP contribution in [0.3, 0.4) is 0 Å². The molecular formula is C30H36F3N9O2S. The number of tetrazole rings is 1. The van der Waals surface area contributed by atoms with Crippen molar-refractivity contribution in [2.75, 3.05) is 32.8 Å². The number of hydrogen-bond acceptors (Lipinski definition) is 11. The van der Waals surface area contributed by atoms with Crippen molar-refractivity contribution in [3.05, 3.63) is 68.8 Å². The predicted molar refractivity (Wildman–Crippen MR) is 161 cm³/mol. The van der Waals surface area contributed by atoms with E-state index in [1.165, 1.54) is 17.4 Å². The number of aromatic amines is 1. The van der Waals surface area contributed by atoms with Crippen molar-refractivity contribution >= 4 is 23.1 Å². The number of likely N-dealkylation sites (tertiary alicyclic amines) is 2. The summed E-state index contributed by atoms with van der Waals surface area (Å²) in [5.41, 5.74) is 0.991. The molecule has 11 nitrogen and oxygen atoms in total. The lowest BCUT2D eigenvalue weighted by molar-refractivity contribution is -0.139. The minimum absolute atomic E-state index is 0.0310. The second-order valence-electron chi connectivity index (χ2n) is 12.3. The van der Waals surface area contributed by atoms with Gasteiger partial charge in [0.2, 0.25) is 0 Å². The molecule has 3 atom stereocenters. The van der Waals surface area contributed by atoms with E-state index in [0.29, 0.717) is 59.4 Å². The van der Waals surface area contributed by atoms with Gasteiger partial charge in [-0.25, -0.2) is 28.0 Å². The lowest BCUT2D eigenvalue weighted by Gasteiger charge is -2.31. The maximum Gasteiger partial charge on any atom is 0.338 e. The third kappa shape index (κ3) is 6.00. The SMILES string of the molecule is CCOC(=O)C1=C(CN2CC(F)(F)C3C2CCN3CCC(C)(C)c2nnn[nH]2)NC(c2nccs2)=NC1c1cccc(F)c1C. The highest BCUT2D eigenvalue weighted by atomic mass is 32.1. The Balaban J connectivity index is 1.32. The number of hydrogen-bond donors (Lipinski definition) is 2. The maximum absolute atomic E-state index is 15.8. The molecular weight excluding hydrogens is 607 g/mol. The minimum atomic E-state index is -2.98. The van der Waals surface area contributed by atoms with Crippen molar-refractivity contribution in [3.63, 3.8) is 0 Å². The second kappa shape index (κ2) is 12.2. The first-order valence-electron chi connectivity index (χ1n) is 15.0. The molecule has 3 aromatic rings. The van der Waals surface area contributed by atoms with Gasteiger partial charge in [0.15, 0.2) is 16.7 Å². The lowest BCUT2D eigenvalue weighted by Crippen LogP contribution is -2.46. The van der Waals surface area contributed by atoms with Crippen LogP contribution in [0.2, 0.25) is 0 Å². The van der Waals surface area contributed by atoms with Crippen LogP contribution in [0.15, 0.2) is 46.0 Å². The molecule has 2 N–H and O–H groups in total. The van der Waals surface area contributed by atoms with E-state index in [1.807, 2.05) is 18.7 Å². The molecule has 0 radical (unpaired) electrons. The van der Waals surface area contributed by atoms with Crippen LogP contribution in [0.1, 0.15) is 61.6 Å². The van der Waals surface area contributed by atoms with Crippen molar-refractivity contribution in [1.29, 1.82) is 0 Å². The first kappa shape index (κ1) is 31.3. The fraction of sp³-hybridized carbons (Fsp3) is 0.533.